The van der Waals surface area contributed by atoms with E-state index in [-0.39, 0.29) is 18.1 Å². The Morgan fingerprint density at radius 2 is 2.12 bits per heavy atom. The van der Waals surface area contributed by atoms with Crippen LogP contribution in [-0.2, 0) is 11.2 Å². The number of para-hydroxylation sites is 1. The summed E-state index contributed by atoms with van der Waals surface area (Å²) >= 11 is 0. The van der Waals surface area contributed by atoms with Crippen LogP contribution in [0, 0.1) is 10.1 Å². The van der Waals surface area contributed by atoms with Crippen molar-refractivity contribution in [2.45, 2.75) is 12.8 Å². The minimum absolute atomic E-state index is 0.0137. The first-order valence-corrected chi connectivity index (χ1v) is 8.03. The lowest BCUT2D eigenvalue weighted by atomic mass is 10.0. The van der Waals surface area contributed by atoms with Crippen LogP contribution in [0.3, 0.4) is 0 Å². The summed E-state index contributed by atoms with van der Waals surface area (Å²) in [7, 11) is 0. The third-order valence-corrected chi connectivity index (χ3v) is 4.02. The Bertz CT molecular complexity index is 819. The molecule has 2 aromatic carbocycles. The van der Waals surface area contributed by atoms with Gasteiger partial charge in [-0.25, -0.2) is 5.43 Å². The van der Waals surface area contributed by atoms with Crippen LogP contribution in [0.1, 0.15) is 17.5 Å². The predicted molar refractivity (Wildman–Crippen MR) is 95.8 cm³/mol. The molecule has 128 valence electrons. The number of fused-ring (bicyclic) bond motifs is 1. The number of aryl methyl sites for hydroxylation is 1. The summed E-state index contributed by atoms with van der Waals surface area (Å²) in [6, 6.07) is 14.1. The molecule has 0 saturated carbocycles. The second-order valence-corrected chi connectivity index (χ2v) is 5.80. The third kappa shape index (κ3) is 4.20. The Hall–Kier alpha value is -3.22. The molecule has 1 heterocycles. The first-order chi connectivity index (χ1) is 12.1. The molecule has 0 saturated heterocycles. The van der Waals surface area contributed by atoms with Gasteiger partial charge in [0.25, 0.3) is 11.6 Å². The van der Waals surface area contributed by atoms with Crippen LogP contribution >= 0.6 is 0 Å². The molecule has 0 spiro atoms. The average molecular weight is 338 g/mol. The number of nitro groups is 1. The Morgan fingerprint density at radius 1 is 1.28 bits per heavy atom. The van der Waals surface area contributed by atoms with E-state index in [1.807, 2.05) is 23.1 Å². The number of non-ortho nitro benzene ring substituents is 1. The van der Waals surface area contributed by atoms with E-state index < -0.39 is 4.92 Å². The molecule has 0 bridgehead atoms. The summed E-state index contributed by atoms with van der Waals surface area (Å²) in [4.78, 5) is 24.4. The number of carbonyl (C=O) groups is 1. The highest BCUT2D eigenvalue weighted by molar-refractivity contribution is 5.85. The van der Waals surface area contributed by atoms with Crippen LogP contribution in [0.4, 0.5) is 11.4 Å². The summed E-state index contributed by atoms with van der Waals surface area (Å²) in [5, 5.41) is 14.6. The fourth-order valence-corrected chi connectivity index (χ4v) is 2.88. The van der Waals surface area contributed by atoms with Gasteiger partial charge in [-0.2, -0.15) is 5.10 Å². The molecule has 0 aromatic heterocycles. The molecule has 1 N–H and O–H groups in total. The minimum atomic E-state index is -0.469. The molecule has 7 nitrogen and oxygen atoms in total. The van der Waals surface area contributed by atoms with Gasteiger partial charge in [-0.15, -0.1) is 0 Å². The summed E-state index contributed by atoms with van der Waals surface area (Å²) in [6.07, 6.45) is 3.44. The average Bonchev–Trinajstić information content (AvgIpc) is 2.62. The molecule has 0 radical (unpaired) electrons. The molecule has 0 unspecified atom stereocenters. The lowest BCUT2D eigenvalue weighted by molar-refractivity contribution is -0.384. The Balaban J connectivity index is 1.59. The van der Waals surface area contributed by atoms with E-state index in [0.717, 1.165) is 25.1 Å². The standard InChI is InChI=1S/C18H18N4O3/c23-18(13-21-10-4-7-15-6-1-2-9-17(15)21)20-19-12-14-5-3-8-16(11-14)22(24)25/h1-3,5-6,8-9,11-12H,4,7,10,13H2,(H,20,23)/b19-12-. The lowest BCUT2D eigenvalue weighted by Crippen LogP contribution is -2.38. The molecule has 7 heteroatoms. The zero-order valence-corrected chi connectivity index (χ0v) is 13.6. The van der Waals surface area contributed by atoms with Crippen molar-refractivity contribution in [1.82, 2.24) is 5.43 Å². The first kappa shape index (κ1) is 16.6. The number of hydrazone groups is 1. The fourth-order valence-electron chi connectivity index (χ4n) is 2.88. The second kappa shape index (κ2) is 7.57. The molecule has 0 atom stereocenters. The van der Waals surface area contributed by atoms with E-state index in [9.17, 15) is 14.9 Å². The molecular weight excluding hydrogens is 320 g/mol. The lowest BCUT2D eigenvalue weighted by Gasteiger charge is -2.30. The number of nitro benzene ring substituents is 1. The van der Waals surface area contributed by atoms with Crippen molar-refractivity contribution in [3.63, 3.8) is 0 Å². The van der Waals surface area contributed by atoms with Gasteiger partial charge in [0.1, 0.15) is 0 Å². The van der Waals surface area contributed by atoms with Gasteiger partial charge < -0.3 is 4.90 Å². The maximum atomic E-state index is 12.1. The SMILES string of the molecule is O=C(CN1CCCc2ccccc21)N/N=C\c1cccc([N+](=O)[O-])c1. The van der Waals surface area contributed by atoms with Gasteiger partial charge in [0.15, 0.2) is 0 Å². The molecule has 25 heavy (non-hydrogen) atoms. The molecule has 3 rings (SSSR count). The van der Waals surface area contributed by atoms with E-state index >= 15 is 0 Å². The molecular formula is C18H18N4O3. The van der Waals surface area contributed by atoms with Crippen LogP contribution in [0.2, 0.25) is 0 Å². The predicted octanol–water partition coefficient (Wildman–Crippen LogP) is 2.50. The summed E-state index contributed by atoms with van der Waals surface area (Å²) in [5.74, 6) is -0.224. The van der Waals surface area contributed by atoms with Crippen molar-refractivity contribution in [2.24, 2.45) is 5.10 Å². The van der Waals surface area contributed by atoms with Crippen LogP contribution in [-0.4, -0.2) is 30.1 Å². The van der Waals surface area contributed by atoms with Crippen LogP contribution in [0.5, 0.6) is 0 Å². The maximum Gasteiger partial charge on any atom is 0.270 e. The number of hydrogen-bond acceptors (Lipinski definition) is 5. The largest absolute Gasteiger partial charge is 0.362 e. The second-order valence-electron chi connectivity index (χ2n) is 5.80. The molecule has 1 aliphatic rings. The van der Waals surface area contributed by atoms with E-state index in [2.05, 4.69) is 16.6 Å². The first-order valence-electron chi connectivity index (χ1n) is 8.03. The number of rotatable bonds is 5. The van der Waals surface area contributed by atoms with Gasteiger partial charge in [0.2, 0.25) is 0 Å². The Morgan fingerprint density at radius 3 is 2.96 bits per heavy atom. The van der Waals surface area contributed by atoms with Gasteiger partial charge in [0, 0.05) is 29.9 Å². The highest BCUT2D eigenvalue weighted by Gasteiger charge is 2.18. The van der Waals surface area contributed by atoms with Crippen molar-refractivity contribution < 1.29 is 9.72 Å². The zero-order valence-electron chi connectivity index (χ0n) is 13.6. The normalized spacial score (nSPS) is 13.5. The monoisotopic (exact) mass is 338 g/mol. The number of nitrogens with one attached hydrogen (secondary N) is 1. The third-order valence-electron chi connectivity index (χ3n) is 4.02. The van der Waals surface area contributed by atoms with Crippen molar-refractivity contribution in [2.75, 3.05) is 18.0 Å². The van der Waals surface area contributed by atoms with E-state index in [1.165, 1.54) is 23.9 Å². The molecule has 0 aliphatic carbocycles. The van der Waals surface area contributed by atoms with Gasteiger partial charge >= 0.3 is 0 Å². The Labute approximate surface area is 145 Å². The molecule has 1 aliphatic heterocycles. The molecule has 1 amide bonds. The number of anilines is 1. The van der Waals surface area contributed by atoms with Crippen molar-refractivity contribution >= 4 is 23.5 Å². The van der Waals surface area contributed by atoms with Crippen LogP contribution in [0.15, 0.2) is 53.6 Å². The Kier molecular flexibility index (Phi) is 5.03. The summed E-state index contributed by atoms with van der Waals surface area (Å²) in [5.41, 5.74) is 5.36. The molecule has 2 aromatic rings. The van der Waals surface area contributed by atoms with Gasteiger partial charge in [-0.1, -0.05) is 30.3 Å². The van der Waals surface area contributed by atoms with Crippen molar-refractivity contribution in [1.29, 1.82) is 0 Å². The highest BCUT2D eigenvalue weighted by Crippen LogP contribution is 2.26. The number of nitrogens with zero attached hydrogens (tertiary/aromatic N) is 3. The minimum Gasteiger partial charge on any atom is -0.362 e. The van der Waals surface area contributed by atoms with Gasteiger partial charge in [0.05, 0.1) is 17.7 Å². The van der Waals surface area contributed by atoms with E-state index in [0.29, 0.717) is 5.56 Å². The fraction of sp³-hybridized carbons (Fsp3) is 0.222. The van der Waals surface area contributed by atoms with Gasteiger partial charge in [-0.05, 0) is 24.5 Å². The van der Waals surface area contributed by atoms with Crippen molar-refractivity contribution in [3.05, 3.63) is 69.8 Å². The quantitative estimate of drug-likeness (QED) is 0.515. The smallest absolute Gasteiger partial charge is 0.270 e. The topological polar surface area (TPSA) is 87.8 Å². The maximum absolute atomic E-state index is 12.1. The van der Waals surface area contributed by atoms with E-state index in [4.69, 9.17) is 0 Å². The number of benzene rings is 2. The number of amides is 1. The van der Waals surface area contributed by atoms with Crippen LogP contribution in [0.25, 0.3) is 0 Å². The molecule has 0 fully saturated rings. The summed E-state index contributed by atoms with van der Waals surface area (Å²) < 4.78 is 0. The van der Waals surface area contributed by atoms with Crippen LogP contribution < -0.4 is 10.3 Å². The number of hydrogen-bond donors (Lipinski definition) is 1. The van der Waals surface area contributed by atoms with Crippen molar-refractivity contribution in [3.8, 4) is 0 Å². The highest BCUT2D eigenvalue weighted by atomic mass is 16.6. The number of carbonyl (C=O) groups excluding carboxylic acids is 1. The van der Waals surface area contributed by atoms with Gasteiger partial charge in [-0.3, -0.25) is 14.9 Å². The van der Waals surface area contributed by atoms with E-state index in [1.54, 1.807) is 12.1 Å². The zero-order chi connectivity index (χ0) is 17.6. The summed E-state index contributed by atoms with van der Waals surface area (Å²) in [6.45, 7) is 1.06.